The van der Waals surface area contributed by atoms with Gasteiger partial charge in [0, 0.05) is 18.7 Å². The number of carbonyl (C=O) groups is 1. The van der Waals surface area contributed by atoms with Crippen LogP contribution in [0.1, 0.15) is 37.8 Å². The van der Waals surface area contributed by atoms with Crippen LogP contribution in [0.15, 0.2) is 18.2 Å². The molecule has 130 valence electrons. The maximum atomic E-state index is 13.9. The van der Waals surface area contributed by atoms with Gasteiger partial charge in [-0.25, -0.2) is 8.78 Å². The SMILES string of the molecule is CCC(NC(=O)C1(OC)CCNCC1)c1ccc(F)cc1F.Cl. The number of benzene rings is 1. The van der Waals surface area contributed by atoms with Gasteiger partial charge in [-0.1, -0.05) is 13.0 Å². The van der Waals surface area contributed by atoms with Gasteiger partial charge in [0.05, 0.1) is 6.04 Å². The van der Waals surface area contributed by atoms with Crippen molar-refractivity contribution < 1.29 is 18.3 Å². The van der Waals surface area contributed by atoms with Crippen LogP contribution < -0.4 is 10.6 Å². The van der Waals surface area contributed by atoms with Crippen LogP contribution in [0.5, 0.6) is 0 Å². The summed E-state index contributed by atoms with van der Waals surface area (Å²) in [7, 11) is 1.52. The van der Waals surface area contributed by atoms with Gasteiger partial charge in [0.1, 0.15) is 17.2 Å². The number of halogens is 3. The van der Waals surface area contributed by atoms with Gasteiger partial charge in [0.2, 0.25) is 0 Å². The molecule has 23 heavy (non-hydrogen) atoms. The Bertz CT molecular complexity index is 537. The fraction of sp³-hybridized carbons (Fsp3) is 0.562. The van der Waals surface area contributed by atoms with Crippen LogP contribution in [0.3, 0.4) is 0 Å². The highest BCUT2D eigenvalue weighted by Crippen LogP contribution is 2.26. The number of rotatable bonds is 5. The number of hydrogen-bond donors (Lipinski definition) is 2. The lowest BCUT2D eigenvalue weighted by atomic mass is 9.90. The molecule has 1 aromatic carbocycles. The Morgan fingerprint density at radius 3 is 2.57 bits per heavy atom. The van der Waals surface area contributed by atoms with E-state index >= 15 is 0 Å². The summed E-state index contributed by atoms with van der Waals surface area (Å²) in [5, 5.41) is 6.03. The van der Waals surface area contributed by atoms with Crippen LogP contribution in [0.2, 0.25) is 0 Å². The molecule has 0 radical (unpaired) electrons. The van der Waals surface area contributed by atoms with E-state index in [2.05, 4.69) is 10.6 Å². The highest BCUT2D eigenvalue weighted by atomic mass is 35.5. The van der Waals surface area contributed by atoms with Gasteiger partial charge < -0.3 is 15.4 Å². The molecule has 0 saturated carbocycles. The van der Waals surface area contributed by atoms with E-state index in [1.165, 1.54) is 19.2 Å². The topological polar surface area (TPSA) is 50.4 Å². The predicted molar refractivity (Wildman–Crippen MR) is 86.6 cm³/mol. The molecule has 1 atom stereocenters. The molecule has 2 rings (SSSR count). The van der Waals surface area contributed by atoms with Gasteiger partial charge >= 0.3 is 0 Å². The maximum Gasteiger partial charge on any atom is 0.252 e. The monoisotopic (exact) mass is 348 g/mol. The molecule has 0 bridgehead atoms. The predicted octanol–water partition coefficient (Wildman–Crippen LogP) is 2.72. The van der Waals surface area contributed by atoms with Crippen molar-refractivity contribution >= 4 is 18.3 Å². The number of ether oxygens (including phenoxy) is 1. The molecular weight excluding hydrogens is 326 g/mol. The number of nitrogens with one attached hydrogen (secondary N) is 2. The fourth-order valence-corrected chi connectivity index (χ4v) is 2.83. The summed E-state index contributed by atoms with van der Waals surface area (Å²) in [6, 6.07) is 2.90. The molecule has 1 aliphatic heterocycles. The number of piperidine rings is 1. The molecule has 0 spiro atoms. The minimum absolute atomic E-state index is 0. The van der Waals surface area contributed by atoms with E-state index in [1.807, 2.05) is 6.92 Å². The molecule has 1 amide bonds. The molecule has 2 N–H and O–H groups in total. The van der Waals surface area contributed by atoms with Crippen molar-refractivity contribution in [3.05, 3.63) is 35.4 Å². The van der Waals surface area contributed by atoms with Crippen LogP contribution in [-0.4, -0.2) is 31.7 Å². The second-order valence-corrected chi connectivity index (χ2v) is 5.55. The van der Waals surface area contributed by atoms with Crippen LogP contribution in [0, 0.1) is 11.6 Å². The summed E-state index contributed by atoms with van der Waals surface area (Å²) in [5.74, 6) is -1.52. The third kappa shape index (κ3) is 4.40. The lowest BCUT2D eigenvalue weighted by molar-refractivity contribution is -0.147. The average Bonchev–Trinajstić information content (AvgIpc) is 2.53. The summed E-state index contributed by atoms with van der Waals surface area (Å²) in [6.07, 6.45) is 1.64. The molecule has 1 fully saturated rings. The standard InChI is InChI=1S/C16H22F2N2O2.ClH/c1-3-14(12-5-4-11(17)10-13(12)18)20-15(21)16(22-2)6-8-19-9-7-16;/h4-5,10,14,19H,3,6-9H2,1-2H3,(H,20,21);1H. The zero-order valence-corrected chi connectivity index (χ0v) is 14.1. The first-order valence-corrected chi connectivity index (χ1v) is 7.54. The Balaban J connectivity index is 0.00000264. The normalized spacial score (nSPS) is 17.9. The van der Waals surface area contributed by atoms with Crippen molar-refractivity contribution in [2.45, 2.75) is 37.8 Å². The van der Waals surface area contributed by atoms with Crippen molar-refractivity contribution in [3.8, 4) is 0 Å². The third-order valence-electron chi connectivity index (χ3n) is 4.27. The van der Waals surface area contributed by atoms with E-state index in [9.17, 15) is 13.6 Å². The zero-order valence-electron chi connectivity index (χ0n) is 13.3. The van der Waals surface area contributed by atoms with Gasteiger partial charge in [-0.05, 0) is 38.4 Å². The van der Waals surface area contributed by atoms with Gasteiger partial charge in [0.25, 0.3) is 5.91 Å². The molecule has 1 aromatic rings. The van der Waals surface area contributed by atoms with Crippen LogP contribution in [-0.2, 0) is 9.53 Å². The zero-order chi connectivity index (χ0) is 16.2. The van der Waals surface area contributed by atoms with Crippen molar-refractivity contribution in [3.63, 3.8) is 0 Å². The van der Waals surface area contributed by atoms with Crippen molar-refractivity contribution in [1.29, 1.82) is 0 Å². The summed E-state index contributed by atoms with van der Waals surface area (Å²) in [6.45, 7) is 3.24. The Morgan fingerprint density at radius 2 is 2.04 bits per heavy atom. The second-order valence-electron chi connectivity index (χ2n) is 5.55. The van der Waals surface area contributed by atoms with Crippen LogP contribution in [0.25, 0.3) is 0 Å². The smallest absolute Gasteiger partial charge is 0.252 e. The molecule has 0 aliphatic carbocycles. The second kappa shape index (κ2) is 8.57. The van der Waals surface area contributed by atoms with E-state index in [0.29, 0.717) is 32.4 Å². The summed E-state index contributed by atoms with van der Waals surface area (Å²) < 4.78 is 32.4. The van der Waals surface area contributed by atoms with Crippen LogP contribution >= 0.6 is 12.4 Å². The molecule has 7 heteroatoms. The number of hydrogen-bond acceptors (Lipinski definition) is 3. The number of methoxy groups -OCH3 is 1. The van der Waals surface area contributed by atoms with Gasteiger partial charge in [-0.3, -0.25) is 4.79 Å². The quantitative estimate of drug-likeness (QED) is 0.860. The first-order chi connectivity index (χ1) is 10.5. The van der Waals surface area contributed by atoms with E-state index < -0.39 is 23.3 Å². The highest BCUT2D eigenvalue weighted by molar-refractivity contribution is 5.86. The fourth-order valence-electron chi connectivity index (χ4n) is 2.83. The lowest BCUT2D eigenvalue weighted by Gasteiger charge is -2.36. The summed E-state index contributed by atoms with van der Waals surface area (Å²) >= 11 is 0. The third-order valence-corrected chi connectivity index (χ3v) is 4.27. The first kappa shape index (κ1) is 19.8. The van der Waals surface area contributed by atoms with Gasteiger partial charge in [-0.15, -0.1) is 12.4 Å². The largest absolute Gasteiger partial charge is 0.368 e. The average molecular weight is 349 g/mol. The minimum Gasteiger partial charge on any atom is -0.368 e. The number of amides is 1. The van der Waals surface area contributed by atoms with Gasteiger partial charge in [-0.2, -0.15) is 0 Å². The van der Waals surface area contributed by atoms with Gasteiger partial charge in [0.15, 0.2) is 0 Å². The molecule has 1 saturated heterocycles. The molecular formula is C16H23ClF2N2O2. The van der Waals surface area contributed by atoms with E-state index in [0.717, 1.165) is 6.07 Å². The molecule has 1 aliphatic rings. The molecule has 1 unspecified atom stereocenters. The van der Waals surface area contributed by atoms with Crippen molar-refractivity contribution in [2.75, 3.05) is 20.2 Å². The minimum atomic E-state index is -0.880. The van der Waals surface area contributed by atoms with E-state index in [4.69, 9.17) is 4.74 Å². The Morgan fingerprint density at radius 1 is 1.39 bits per heavy atom. The van der Waals surface area contributed by atoms with E-state index in [-0.39, 0.29) is 23.9 Å². The Labute approximate surface area is 141 Å². The Hall–Kier alpha value is -1.24. The van der Waals surface area contributed by atoms with Crippen LogP contribution in [0.4, 0.5) is 8.78 Å². The first-order valence-electron chi connectivity index (χ1n) is 7.54. The number of carbonyl (C=O) groups excluding carboxylic acids is 1. The molecule has 0 aromatic heterocycles. The van der Waals surface area contributed by atoms with Crippen molar-refractivity contribution in [1.82, 2.24) is 10.6 Å². The highest BCUT2D eigenvalue weighted by Gasteiger charge is 2.40. The van der Waals surface area contributed by atoms with Crippen molar-refractivity contribution in [2.24, 2.45) is 0 Å². The molecule has 1 heterocycles. The lowest BCUT2D eigenvalue weighted by Crippen LogP contribution is -2.54. The Kier molecular flexibility index (Phi) is 7.38. The molecule has 4 nitrogen and oxygen atoms in total. The maximum absolute atomic E-state index is 13.9. The summed E-state index contributed by atoms with van der Waals surface area (Å²) in [5.41, 5.74) is -0.590. The van der Waals surface area contributed by atoms with E-state index in [1.54, 1.807) is 0 Å². The summed E-state index contributed by atoms with van der Waals surface area (Å²) in [4.78, 5) is 12.6.